The largest absolute Gasteiger partial charge is 0.337 e. The lowest BCUT2D eigenvalue weighted by atomic mass is 10.0. The van der Waals surface area contributed by atoms with Crippen molar-refractivity contribution in [1.82, 2.24) is 14.8 Å². The van der Waals surface area contributed by atoms with Gasteiger partial charge in [-0.05, 0) is 61.5 Å². The molecule has 2 aliphatic rings. The molecule has 0 radical (unpaired) electrons. The predicted molar refractivity (Wildman–Crippen MR) is 93.7 cm³/mol. The fourth-order valence-corrected chi connectivity index (χ4v) is 4.44. The lowest BCUT2D eigenvalue weighted by Gasteiger charge is -2.41. The number of amides is 1. The quantitative estimate of drug-likeness (QED) is 0.856. The van der Waals surface area contributed by atoms with E-state index >= 15 is 0 Å². The molecule has 1 N–H and O–H groups in total. The summed E-state index contributed by atoms with van der Waals surface area (Å²) < 4.78 is 0.402. The number of pyridine rings is 1. The van der Waals surface area contributed by atoms with Gasteiger partial charge in [0.25, 0.3) is 11.5 Å². The molecule has 1 aromatic rings. The van der Waals surface area contributed by atoms with Gasteiger partial charge < -0.3 is 9.88 Å². The molecule has 2 aliphatic heterocycles. The zero-order valence-electron chi connectivity index (χ0n) is 13.7. The average Bonchev–Trinajstić information content (AvgIpc) is 2.88. The molecule has 3 atom stereocenters. The predicted octanol–water partition coefficient (Wildman–Crippen LogP) is 2.61. The minimum atomic E-state index is -0.210. The first-order chi connectivity index (χ1) is 11.0. The number of hydrogen-bond donors (Lipinski definition) is 1. The average molecular weight is 382 g/mol. The van der Waals surface area contributed by atoms with Crippen LogP contribution in [0.15, 0.2) is 21.5 Å². The Labute approximate surface area is 145 Å². The Morgan fingerprint density at radius 3 is 2.61 bits per heavy atom. The maximum atomic E-state index is 12.8. The second kappa shape index (κ2) is 6.77. The van der Waals surface area contributed by atoms with E-state index in [1.165, 1.54) is 19.0 Å². The van der Waals surface area contributed by atoms with E-state index in [2.05, 4.69) is 39.7 Å². The molecule has 0 aliphatic carbocycles. The Hall–Kier alpha value is -1.14. The van der Waals surface area contributed by atoms with Gasteiger partial charge in [0.05, 0.1) is 10.0 Å². The molecule has 1 amide bonds. The molecule has 3 heterocycles. The molecular weight excluding hydrogens is 358 g/mol. The maximum Gasteiger partial charge on any atom is 0.262 e. The van der Waals surface area contributed by atoms with Gasteiger partial charge in [-0.3, -0.25) is 14.5 Å². The van der Waals surface area contributed by atoms with Gasteiger partial charge in [0, 0.05) is 37.4 Å². The molecule has 2 saturated heterocycles. The van der Waals surface area contributed by atoms with Crippen LogP contribution in [0.1, 0.15) is 49.9 Å². The van der Waals surface area contributed by atoms with Crippen LogP contribution in [-0.2, 0) is 0 Å². The first-order valence-electron chi connectivity index (χ1n) is 8.42. The van der Waals surface area contributed by atoms with Crippen molar-refractivity contribution in [2.24, 2.45) is 0 Å². The van der Waals surface area contributed by atoms with Crippen LogP contribution in [0.2, 0.25) is 0 Å². The SMILES string of the molecule is CC1CCC(C)N1C1CCCN(C(=O)c2c[nH]c(=O)c(Br)c2)C1. The Bertz CT molecular complexity index is 635. The number of piperidine rings is 1. The Kier molecular flexibility index (Phi) is 4.92. The van der Waals surface area contributed by atoms with E-state index in [4.69, 9.17) is 0 Å². The number of aromatic amines is 1. The Balaban J connectivity index is 1.74. The zero-order chi connectivity index (χ0) is 16.6. The second-order valence-electron chi connectivity index (χ2n) is 6.84. The molecule has 3 unspecified atom stereocenters. The fourth-order valence-electron chi connectivity index (χ4n) is 4.08. The van der Waals surface area contributed by atoms with Crippen LogP contribution in [0, 0.1) is 0 Å². The summed E-state index contributed by atoms with van der Waals surface area (Å²) in [5.41, 5.74) is 0.331. The molecule has 1 aromatic heterocycles. The van der Waals surface area contributed by atoms with E-state index in [9.17, 15) is 9.59 Å². The summed E-state index contributed by atoms with van der Waals surface area (Å²) in [5, 5.41) is 0. The summed E-state index contributed by atoms with van der Waals surface area (Å²) >= 11 is 3.20. The summed E-state index contributed by atoms with van der Waals surface area (Å²) in [6.07, 6.45) is 6.21. The normalized spacial score (nSPS) is 29.0. The zero-order valence-corrected chi connectivity index (χ0v) is 15.3. The first kappa shape index (κ1) is 16.7. The number of H-pyrrole nitrogens is 1. The number of halogens is 1. The van der Waals surface area contributed by atoms with E-state index in [1.54, 1.807) is 6.07 Å². The van der Waals surface area contributed by atoms with Gasteiger partial charge in [0.2, 0.25) is 0 Å². The number of rotatable bonds is 2. The van der Waals surface area contributed by atoms with Crippen molar-refractivity contribution < 1.29 is 4.79 Å². The molecule has 5 nitrogen and oxygen atoms in total. The highest BCUT2D eigenvalue weighted by Gasteiger charge is 2.36. The highest BCUT2D eigenvalue weighted by Crippen LogP contribution is 2.30. The lowest BCUT2D eigenvalue weighted by molar-refractivity contribution is 0.0486. The smallest absolute Gasteiger partial charge is 0.262 e. The van der Waals surface area contributed by atoms with E-state index in [0.717, 1.165) is 25.9 Å². The third kappa shape index (κ3) is 3.38. The summed E-state index contributed by atoms with van der Waals surface area (Å²) in [5.74, 6) is 0.00570. The van der Waals surface area contributed by atoms with Crippen molar-refractivity contribution >= 4 is 21.8 Å². The lowest BCUT2D eigenvalue weighted by Crippen LogP contribution is -2.52. The topological polar surface area (TPSA) is 56.4 Å². The van der Waals surface area contributed by atoms with Crippen LogP contribution in [0.3, 0.4) is 0 Å². The standard InChI is InChI=1S/C17H24BrN3O2/c1-11-5-6-12(2)21(11)14-4-3-7-20(10-14)17(23)13-8-15(18)16(22)19-9-13/h8-9,11-12,14H,3-7,10H2,1-2H3,(H,19,22). The van der Waals surface area contributed by atoms with Crippen molar-refractivity contribution in [2.75, 3.05) is 13.1 Å². The summed E-state index contributed by atoms with van der Waals surface area (Å²) in [6, 6.07) is 3.28. The Morgan fingerprint density at radius 2 is 1.96 bits per heavy atom. The van der Waals surface area contributed by atoms with Gasteiger partial charge >= 0.3 is 0 Å². The molecule has 0 saturated carbocycles. The van der Waals surface area contributed by atoms with Crippen molar-refractivity contribution in [2.45, 2.75) is 57.7 Å². The van der Waals surface area contributed by atoms with Crippen LogP contribution in [0.4, 0.5) is 0 Å². The number of likely N-dealkylation sites (tertiary alicyclic amines) is 2. The maximum absolute atomic E-state index is 12.8. The number of carbonyl (C=O) groups is 1. The third-order valence-electron chi connectivity index (χ3n) is 5.23. The van der Waals surface area contributed by atoms with Crippen molar-refractivity contribution in [3.63, 3.8) is 0 Å². The monoisotopic (exact) mass is 381 g/mol. The molecule has 23 heavy (non-hydrogen) atoms. The molecule has 6 heteroatoms. The van der Waals surface area contributed by atoms with E-state index in [-0.39, 0.29) is 11.5 Å². The second-order valence-corrected chi connectivity index (χ2v) is 7.69. The van der Waals surface area contributed by atoms with Gasteiger partial charge in [0.1, 0.15) is 0 Å². The van der Waals surface area contributed by atoms with Crippen molar-refractivity contribution in [1.29, 1.82) is 0 Å². The highest BCUT2D eigenvalue weighted by atomic mass is 79.9. The molecule has 0 aromatic carbocycles. The van der Waals surface area contributed by atoms with E-state index < -0.39 is 0 Å². The molecule has 3 rings (SSSR count). The van der Waals surface area contributed by atoms with Crippen LogP contribution in [-0.4, -0.2) is 51.9 Å². The van der Waals surface area contributed by atoms with Crippen LogP contribution < -0.4 is 5.56 Å². The third-order valence-corrected chi connectivity index (χ3v) is 5.82. The van der Waals surface area contributed by atoms with Crippen LogP contribution in [0.25, 0.3) is 0 Å². The van der Waals surface area contributed by atoms with Crippen LogP contribution >= 0.6 is 15.9 Å². The van der Waals surface area contributed by atoms with E-state index in [1.807, 2.05) is 4.90 Å². The molecule has 0 spiro atoms. The van der Waals surface area contributed by atoms with Gasteiger partial charge in [0.15, 0.2) is 0 Å². The van der Waals surface area contributed by atoms with Crippen LogP contribution in [0.5, 0.6) is 0 Å². The molecule has 126 valence electrons. The summed E-state index contributed by atoms with van der Waals surface area (Å²) in [4.78, 5) is 31.3. The Morgan fingerprint density at radius 1 is 1.26 bits per heavy atom. The van der Waals surface area contributed by atoms with E-state index in [0.29, 0.717) is 28.2 Å². The number of carbonyl (C=O) groups excluding carboxylic acids is 1. The molecular formula is C17H24BrN3O2. The number of aromatic nitrogens is 1. The van der Waals surface area contributed by atoms with Crippen molar-refractivity contribution in [3.8, 4) is 0 Å². The first-order valence-corrected chi connectivity index (χ1v) is 9.21. The molecule has 2 fully saturated rings. The van der Waals surface area contributed by atoms with Gasteiger partial charge in [-0.1, -0.05) is 0 Å². The highest BCUT2D eigenvalue weighted by molar-refractivity contribution is 9.10. The number of nitrogens with one attached hydrogen (secondary N) is 1. The fraction of sp³-hybridized carbons (Fsp3) is 0.647. The molecule has 0 bridgehead atoms. The number of hydrogen-bond acceptors (Lipinski definition) is 3. The minimum Gasteiger partial charge on any atom is -0.337 e. The number of nitrogens with zero attached hydrogens (tertiary/aromatic N) is 2. The van der Waals surface area contributed by atoms with Crippen molar-refractivity contribution in [3.05, 3.63) is 32.7 Å². The minimum absolute atomic E-state index is 0.00570. The van der Waals surface area contributed by atoms with Gasteiger partial charge in [-0.2, -0.15) is 0 Å². The summed E-state index contributed by atoms with van der Waals surface area (Å²) in [7, 11) is 0. The summed E-state index contributed by atoms with van der Waals surface area (Å²) in [6.45, 7) is 6.17. The van der Waals surface area contributed by atoms with Gasteiger partial charge in [-0.15, -0.1) is 0 Å². The van der Waals surface area contributed by atoms with Gasteiger partial charge in [-0.25, -0.2) is 0 Å².